The van der Waals surface area contributed by atoms with E-state index in [0.717, 1.165) is 44.1 Å². The molecule has 1 aliphatic heterocycles. The summed E-state index contributed by atoms with van der Waals surface area (Å²) in [6.07, 6.45) is 5.40. The molecule has 3 heterocycles. The minimum atomic E-state index is -0.277. The maximum atomic E-state index is 13.1. The van der Waals surface area contributed by atoms with Crippen LogP contribution in [0.1, 0.15) is 51.8 Å². The molecule has 0 saturated carbocycles. The Balaban J connectivity index is 1.83. The number of fused-ring (bicyclic) bond motifs is 1. The fraction of sp³-hybridized carbons (Fsp3) is 0.762. The van der Waals surface area contributed by atoms with Crippen LogP contribution < -0.4 is 11.2 Å². The molecule has 2 aromatic rings. The average molecular weight is 406 g/mol. The minimum Gasteiger partial charge on any atom is -0.379 e. The Kier molecular flexibility index (Phi) is 7.29. The average Bonchev–Trinajstić information content (AvgIpc) is 3.06. The van der Waals surface area contributed by atoms with Gasteiger partial charge < -0.3 is 9.30 Å². The molecular weight excluding hydrogens is 370 g/mol. The lowest BCUT2D eigenvalue weighted by Crippen LogP contribution is -2.39. The first-order chi connectivity index (χ1) is 14.0. The molecule has 162 valence electrons. The smallest absolute Gasteiger partial charge is 0.332 e. The maximum absolute atomic E-state index is 13.1. The molecule has 8 nitrogen and oxygen atoms in total. The Morgan fingerprint density at radius 3 is 2.38 bits per heavy atom. The van der Waals surface area contributed by atoms with Gasteiger partial charge in [0.05, 0.1) is 19.8 Å². The summed E-state index contributed by atoms with van der Waals surface area (Å²) in [5, 5.41) is 0. The minimum absolute atomic E-state index is 0.228. The molecule has 1 aliphatic rings. The molecular formula is C21H35N5O3. The van der Waals surface area contributed by atoms with E-state index < -0.39 is 0 Å². The molecule has 2 aromatic heterocycles. The molecule has 0 amide bonds. The van der Waals surface area contributed by atoms with E-state index in [1.165, 1.54) is 22.0 Å². The van der Waals surface area contributed by atoms with Crippen molar-refractivity contribution in [2.75, 3.05) is 26.3 Å². The Morgan fingerprint density at radius 2 is 1.72 bits per heavy atom. The third kappa shape index (κ3) is 4.64. The van der Waals surface area contributed by atoms with Gasteiger partial charge in [-0.15, -0.1) is 0 Å². The summed E-state index contributed by atoms with van der Waals surface area (Å²) >= 11 is 0. The van der Waals surface area contributed by atoms with Crippen LogP contribution in [-0.2, 0) is 31.9 Å². The van der Waals surface area contributed by atoms with Crippen LogP contribution in [0, 0.1) is 5.92 Å². The van der Waals surface area contributed by atoms with Crippen molar-refractivity contribution in [2.24, 2.45) is 20.0 Å². The second-order valence-electron chi connectivity index (χ2n) is 8.12. The predicted molar refractivity (Wildman–Crippen MR) is 114 cm³/mol. The zero-order valence-electron chi connectivity index (χ0n) is 18.3. The van der Waals surface area contributed by atoms with E-state index in [-0.39, 0.29) is 11.2 Å². The van der Waals surface area contributed by atoms with E-state index in [2.05, 4.69) is 23.7 Å². The third-order valence-electron chi connectivity index (χ3n) is 6.32. The molecule has 3 rings (SSSR count). The summed E-state index contributed by atoms with van der Waals surface area (Å²) in [5.41, 5.74) is 0.476. The zero-order chi connectivity index (χ0) is 21.0. The molecule has 0 aromatic carbocycles. The van der Waals surface area contributed by atoms with Gasteiger partial charge in [0.15, 0.2) is 11.2 Å². The summed E-state index contributed by atoms with van der Waals surface area (Å²) in [5.74, 6) is 1.54. The number of hydrogen-bond donors (Lipinski definition) is 0. The van der Waals surface area contributed by atoms with E-state index in [4.69, 9.17) is 4.74 Å². The van der Waals surface area contributed by atoms with Crippen molar-refractivity contribution in [3.8, 4) is 0 Å². The van der Waals surface area contributed by atoms with Crippen LogP contribution in [0.15, 0.2) is 9.59 Å². The predicted octanol–water partition coefficient (Wildman–Crippen LogP) is 1.87. The van der Waals surface area contributed by atoms with Gasteiger partial charge in [0.25, 0.3) is 5.56 Å². The van der Waals surface area contributed by atoms with Gasteiger partial charge in [-0.25, -0.2) is 9.78 Å². The number of ether oxygens (including phenoxy) is 1. The lowest BCUT2D eigenvalue weighted by atomic mass is 9.97. The van der Waals surface area contributed by atoms with Crippen molar-refractivity contribution < 1.29 is 4.74 Å². The van der Waals surface area contributed by atoms with Crippen LogP contribution in [0.2, 0.25) is 0 Å². The molecule has 0 spiro atoms. The summed E-state index contributed by atoms with van der Waals surface area (Å²) in [4.78, 5) is 32.8. The standard InChI is InChI=1S/C21H35N5O3/c1-5-16(6-2)9-7-8-10-26-20(27)18-19(24(4)21(26)28)22-17(23(18)3)15-25-11-13-29-14-12-25/h16H,5-15H2,1-4H3. The molecule has 0 N–H and O–H groups in total. The number of aryl methyl sites for hydroxylation is 2. The molecule has 1 saturated heterocycles. The van der Waals surface area contributed by atoms with Crippen molar-refractivity contribution in [1.82, 2.24) is 23.6 Å². The highest BCUT2D eigenvalue weighted by Gasteiger charge is 2.20. The highest BCUT2D eigenvalue weighted by atomic mass is 16.5. The molecule has 0 unspecified atom stereocenters. The van der Waals surface area contributed by atoms with Gasteiger partial charge in [-0.1, -0.05) is 39.5 Å². The van der Waals surface area contributed by atoms with E-state index in [0.29, 0.717) is 37.5 Å². The lowest BCUT2D eigenvalue weighted by Gasteiger charge is -2.25. The monoisotopic (exact) mass is 405 g/mol. The highest BCUT2D eigenvalue weighted by Crippen LogP contribution is 2.16. The first-order valence-electron chi connectivity index (χ1n) is 10.9. The van der Waals surface area contributed by atoms with Crippen LogP contribution in [-0.4, -0.2) is 49.9 Å². The highest BCUT2D eigenvalue weighted by molar-refractivity contribution is 5.70. The maximum Gasteiger partial charge on any atom is 0.332 e. The van der Waals surface area contributed by atoms with E-state index in [1.807, 2.05) is 11.6 Å². The molecule has 0 atom stereocenters. The van der Waals surface area contributed by atoms with Gasteiger partial charge in [-0.3, -0.25) is 18.8 Å². The normalized spacial score (nSPS) is 15.6. The molecule has 1 fully saturated rings. The molecule has 0 radical (unpaired) electrons. The van der Waals surface area contributed by atoms with E-state index in [9.17, 15) is 9.59 Å². The second-order valence-corrected chi connectivity index (χ2v) is 8.12. The Bertz CT molecular complexity index is 932. The fourth-order valence-electron chi connectivity index (χ4n) is 4.19. The first kappa shape index (κ1) is 21.8. The van der Waals surface area contributed by atoms with Gasteiger partial charge in [0.1, 0.15) is 5.82 Å². The first-order valence-corrected chi connectivity index (χ1v) is 10.9. The summed E-state index contributed by atoms with van der Waals surface area (Å²) < 4.78 is 10.2. The summed E-state index contributed by atoms with van der Waals surface area (Å²) in [6.45, 7) is 8.69. The van der Waals surface area contributed by atoms with Crippen LogP contribution in [0.25, 0.3) is 11.2 Å². The Hall–Kier alpha value is -1.93. The second kappa shape index (κ2) is 9.71. The van der Waals surface area contributed by atoms with Crippen molar-refractivity contribution in [3.63, 3.8) is 0 Å². The SMILES string of the molecule is CCC(CC)CCCCn1c(=O)c2c(nc(CN3CCOCC3)n2C)n(C)c1=O. The number of nitrogens with zero attached hydrogens (tertiary/aromatic N) is 5. The van der Waals surface area contributed by atoms with Crippen LogP contribution in [0.4, 0.5) is 0 Å². The zero-order valence-corrected chi connectivity index (χ0v) is 18.3. The number of unbranched alkanes of at least 4 members (excludes halogenated alkanes) is 1. The van der Waals surface area contributed by atoms with Gasteiger partial charge >= 0.3 is 5.69 Å². The molecule has 29 heavy (non-hydrogen) atoms. The summed E-state index contributed by atoms with van der Waals surface area (Å²) in [7, 11) is 3.57. The number of morpholine rings is 1. The van der Waals surface area contributed by atoms with E-state index in [1.54, 1.807) is 7.05 Å². The van der Waals surface area contributed by atoms with Crippen LogP contribution >= 0.6 is 0 Å². The number of aromatic nitrogens is 4. The van der Waals surface area contributed by atoms with Crippen molar-refractivity contribution in [2.45, 2.75) is 59.0 Å². The molecule has 0 aliphatic carbocycles. The van der Waals surface area contributed by atoms with E-state index >= 15 is 0 Å². The number of rotatable bonds is 9. The van der Waals surface area contributed by atoms with Gasteiger partial charge in [0, 0.05) is 33.7 Å². The largest absolute Gasteiger partial charge is 0.379 e. The summed E-state index contributed by atoms with van der Waals surface area (Å²) in [6, 6.07) is 0. The number of hydrogen-bond acceptors (Lipinski definition) is 5. The quantitative estimate of drug-likeness (QED) is 0.596. The topological polar surface area (TPSA) is 74.3 Å². The van der Waals surface area contributed by atoms with Gasteiger partial charge in [-0.2, -0.15) is 0 Å². The van der Waals surface area contributed by atoms with Crippen molar-refractivity contribution in [1.29, 1.82) is 0 Å². The van der Waals surface area contributed by atoms with Gasteiger partial charge in [0.2, 0.25) is 0 Å². The Morgan fingerprint density at radius 1 is 1.03 bits per heavy atom. The van der Waals surface area contributed by atoms with Crippen molar-refractivity contribution in [3.05, 3.63) is 26.7 Å². The lowest BCUT2D eigenvalue weighted by molar-refractivity contribution is 0.0327. The van der Waals surface area contributed by atoms with Crippen LogP contribution in [0.5, 0.6) is 0 Å². The Labute approximate surface area is 172 Å². The van der Waals surface area contributed by atoms with Crippen LogP contribution in [0.3, 0.4) is 0 Å². The third-order valence-corrected chi connectivity index (χ3v) is 6.32. The molecule has 0 bridgehead atoms. The van der Waals surface area contributed by atoms with Crippen molar-refractivity contribution >= 4 is 11.2 Å². The number of imidazole rings is 1. The fourth-order valence-corrected chi connectivity index (χ4v) is 4.19. The van der Waals surface area contributed by atoms with Gasteiger partial charge in [-0.05, 0) is 12.3 Å². The molecule has 8 heteroatoms.